The van der Waals surface area contributed by atoms with Gasteiger partial charge in [-0.3, -0.25) is 9.59 Å². The van der Waals surface area contributed by atoms with Crippen molar-refractivity contribution in [2.45, 2.75) is 38.7 Å². The van der Waals surface area contributed by atoms with Crippen molar-refractivity contribution in [3.05, 3.63) is 47.8 Å². The molecular weight excluding hydrogens is 630 g/mol. The molecule has 0 radical (unpaired) electrons. The van der Waals surface area contributed by atoms with E-state index in [0.717, 1.165) is 12.4 Å². The molecule has 0 saturated carbocycles. The zero-order valence-corrected chi connectivity index (χ0v) is 24.6. The fourth-order valence-electron chi connectivity index (χ4n) is 2.56. The number of hydrogen-bond donors (Lipinski definition) is 4. The van der Waals surface area contributed by atoms with E-state index >= 15 is 0 Å². The normalized spacial score (nSPS) is 11.1. The van der Waals surface area contributed by atoms with E-state index in [2.05, 4.69) is 35.4 Å². The molecular formula is C25H33ClF6N6O6. The number of amides is 3. The van der Waals surface area contributed by atoms with Gasteiger partial charge in [-0.1, -0.05) is 0 Å². The zero-order valence-electron chi connectivity index (χ0n) is 23.8. The van der Waals surface area contributed by atoms with Gasteiger partial charge in [0.25, 0.3) is 11.8 Å². The quantitative estimate of drug-likeness (QED) is 0.208. The van der Waals surface area contributed by atoms with E-state index in [1.807, 2.05) is 0 Å². The van der Waals surface area contributed by atoms with Crippen LogP contribution in [0.25, 0.3) is 0 Å². The van der Waals surface area contributed by atoms with E-state index in [9.17, 15) is 40.7 Å². The van der Waals surface area contributed by atoms with Crippen LogP contribution in [0.3, 0.4) is 0 Å². The highest BCUT2D eigenvalue weighted by atomic mass is 35.5. The SMILES string of the molecule is CC(C)(C)OC(=O)NCCNC(=O)c1ccc(OCC(F)(F)F)nc1.Cl.NCCNC(=O)c1ccc(OCC(F)(F)F)nc1. The Labute approximate surface area is 254 Å². The van der Waals surface area contributed by atoms with E-state index in [0.29, 0.717) is 13.1 Å². The van der Waals surface area contributed by atoms with E-state index < -0.39 is 49.1 Å². The molecule has 2 heterocycles. The highest BCUT2D eigenvalue weighted by Gasteiger charge is 2.29. The average Bonchev–Trinajstić information content (AvgIpc) is 2.91. The van der Waals surface area contributed by atoms with Crippen LogP contribution in [0.1, 0.15) is 41.5 Å². The Hall–Kier alpha value is -4.06. The number of nitrogens with one attached hydrogen (secondary N) is 3. The summed E-state index contributed by atoms with van der Waals surface area (Å²) < 4.78 is 85.5. The third-order valence-corrected chi connectivity index (χ3v) is 4.27. The first-order chi connectivity index (χ1) is 19.9. The lowest BCUT2D eigenvalue weighted by molar-refractivity contribution is -0.154. The second-order valence-electron chi connectivity index (χ2n) is 9.31. The van der Waals surface area contributed by atoms with Crippen LogP contribution in [0.5, 0.6) is 11.8 Å². The Morgan fingerprint density at radius 1 is 0.727 bits per heavy atom. The highest BCUT2D eigenvalue weighted by Crippen LogP contribution is 2.18. The van der Waals surface area contributed by atoms with E-state index in [-0.39, 0.29) is 48.4 Å². The van der Waals surface area contributed by atoms with Gasteiger partial charge in [-0.05, 0) is 32.9 Å². The maximum Gasteiger partial charge on any atom is 0.422 e. The summed E-state index contributed by atoms with van der Waals surface area (Å²) in [6, 6.07) is 4.97. The molecule has 0 saturated heterocycles. The molecule has 12 nitrogen and oxygen atoms in total. The van der Waals surface area contributed by atoms with Gasteiger partial charge in [0.1, 0.15) is 5.60 Å². The smallest absolute Gasteiger partial charge is 0.422 e. The average molecular weight is 663 g/mol. The van der Waals surface area contributed by atoms with Gasteiger partial charge in [0.05, 0.1) is 11.1 Å². The fourth-order valence-corrected chi connectivity index (χ4v) is 2.56. The summed E-state index contributed by atoms with van der Waals surface area (Å²) in [6.45, 7) is 3.21. The Kier molecular flexibility index (Phi) is 16.9. The first-order valence-electron chi connectivity index (χ1n) is 12.4. The number of halogens is 7. The van der Waals surface area contributed by atoms with Crippen LogP contribution in [-0.2, 0) is 4.74 Å². The number of aromatic nitrogens is 2. The third-order valence-electron chi connectivity index (χ3n) is 4.27. The van der Waals surface area contributed by atoms with Crippen molar-refractivity contribution in [3.8, 4) is 11.8 Å². The minimum atomic E-state index is -4.46. The van der Waals surface area contributed by atoms with Crippen molar-refractivity contribution in [2.75, 3.05) is 39.4 Å². The van der Waals surface area contributed by atoms with Crippen LogP contribution in [0.2, 0.25) is 0 Å². The molecule has 19 heteroatoms. The number of nitrogens with zero attached hydrogens (tertiary/aromatic N) is 2. The number of carbonyl (C=O) groups is 3. The molecule has 248 valence electrons. The van der Waals surface area contributed by atoms with Crippen LogP contribution < -0.4 is 31.2 Å². The summed E-state index contributed by atoms with van der Waals surface area (Å²) in [5.41, 5.74) is 4.96. The molecule has 0 unspecified atom stereocenters. The number of rotatable bonds is 11. The lowest BCUT2D eigenvalue weighted by Crippen LogP contribution is -2.37. The summed E-state index contributed by atoms with van der Waals surface area (Å²) in [5.74, 6) is -1.31. The lowest BCUT2D eigenvalue weighted by atomic mass is 10.2. The molecule has 0 atom stereocenters. The lowest BCUT2D eigenvalue weighted by Gasteiger charge is -2.19. The van der Waals surface area contributed by atoms with Gasteiger partial charge in [-0.2, -0.15) is 26.3 Å². The molecule has 0 aliphatic carbocycles. The number of nitrogens with two attached hydrogens (primary N) is 1. The number of carbonyl (C=O) groups excluding carboxylic acids is 3. The van der Waals surface area contributed by atoms with Crippen molar-refractivity contribution in [3.63, 3.8) is 0 Å². The van der Waals surface area contributed by atoms with Crippen LogP contribution in [0, 0.1) is 0 Å². The van der Waals surface area contributed by atoms with Crippen molar-refractivity contribution in [2.24, 2.45) is 5.73 Å². The Balaban J connectivity index is 0.000000863. The predicted molar refractivity (Wildman–Crippen MR) is 147 cm³/mol. The number of pyridine rings is 2. The van der Waals surface area contributed by atoms with Crippen molar-refractivity contribution >= 4 is 30.3 Å². The zero-order chi connectivity index (χ0) is 32.7. The molecule has 2 rings (SSSR count). The first-order valence-corrected chi connectivity index (χ1v) is 12.4. The van der Waals surface area contributed by atoms with Gasteiger partial charge in [-0.15, -0.1) is 12.4 Å². The van der Waals surface area contributed by atoms with Gasteiger partial charge >= 0.3 is 18.4 Å². The molecule has 0 fully saturated rings. The van der Waals surface area contributed by atoms with E-state index in [4.69, 9.17) is 10.5 Å². The maximum absolute atomic E-state index is 12.0. The van der Waals surface area contributed by atoms with Gasteiger partial charge in [0, 0.05) is 50.7 Å². The molecule has 2 aromatic heterocycles. The maximum atomic E-state index is 12.0. The van der Waals surface area contributed by atoms with Crippen molar-refractivity contribution in [1.82, 2.24) is 25.9 Å². The molecule has 44 heavy (non-hydrogen) atoms. The molecule has 0 aliphatic rings. The first kappa shape index (κ1) is 39.9. The standard InChI is InChI=1S/C15H20F3N3O4.C10H12F3N3O2.ClH/c1-14(2,3)25-13(23)20-7-6-19-12(22)10-4-5-11(21-8-10)24-9-15(16,17)18;11-10(12,13)6-18-8-2-1-7(5-16-8)9(17)15-4-3-14;/h4-5,8H,6-7,9H2,1-3H3,(H,19,22)(H,20,23);1-2,5H,3-4,6,14H2,(H,15,17);1H. The largest absolute Gasteiger partial charge is 0.468 e. The van der Waals surface area contributed by atoms with Crippen LogP contribution in [0.15, 0.2) is 36.7 Å². The van der Waals surface area contributed by atoms with E-state index in [1.54, 1.807) is 20.8 Å². The van der Waals surface area contributed by atoms with E-state index in [1.165, 1.54) is 24.3 Å². The molecule has 3 amide bonds. The minimum Gasteiger partial charge on any atom is -0.468 e. The molecule has 2 aromatic rings. The molecule has 0 aliphatic heterocycles. The van der Waals surface area contributed by atoms with Crippen LogP contribution in [0.4, 0.5) is 31.1 Å². The van der Waals surface area contributed by atoms with Gasteiger partial charge in [0.2, 0.25) is 11.8 Å². The number of alkyl halides is 6. The molecule has 0 aromatic carbocycles. The highest BCUT2D eigenvalue weighted by molar-refractivity contribution is 5.94. The predicted octanol–water partition coefficient (Wildman–Crippen LogP) is 3.41. The Morgan fingerprint density at radius 3 is 1.48 bits per heavy atom. The summed E-state index contributed by atoms with van der Waals surface area (Å²) in [4.78, 5) is 41.9. The molecule has 5 N–H and O–H groups in total. The summed E-state index contributed by atoms with van der Waals surface area (Å²) in [5, 5.41) is 7.49. The topological polar surface area (TPSA) is 167 Å². The van der Waals surface area contributed by atoms with Gasteiger partial charge in [-0.25, -0.2) is 14.8 Å². The van der Waals surface area contributed by atoms with Gasteiger partial charge in [0.15, 0.2) is 13.2 Å². The second-order valence-corrected chi connectivity index (χ2v) is 9.31. The monoisotopic (exact) mass is 662 g/mol. The molecule has 0 bridgehead atoms. The third kappa shape index (κ3) is 19.2. The van der Waals surface area contributed by atoms with Crippen molar-refractivity contribution in [1.29, 1.82) is 0 Å². The minimum absolute atomic E-state index is 0. The number of ether oxygens (including phenoxy) is 3. The van der Waals surface area contributed by atoms with Crippen LogP contribution >= 0.6 is 12.4 Å². The van der Waals surface area contributed by atoms with Gasteiger partial charge < -0.3 is 35.9 Å². The van der Waals surface area contributed by atoms with Crippen molar-refractivity contribution < 1.29 is 54.9 Å². The second kappa shape index (κ2) is 18.6. The van der Waals surface area contributed by atoms with Crippen LogP contribution in [-0.4, -0.2) is 85.2 Å². The summed E-state index contributed by atoms with van der Waals surface area (Å²) >= 11 is 0. The molecule has 0 spiro atoms. The summed E-state index contributed by atoms with van der Waals surface area (Å²) in [6.07, 6.45) is -7.24. The summed E-state index contributed by atoms with van der Waals surface area (Å²) in [7, 11) is 0. The fraction of sp³-hybridized carbons (Fsp3) is 0.480. The number of alkyl carbamates (subject to hydrolysis) is 1. The number of hydrogen-bond acceptors (Lipinski definition) is 9. The Bertz CT molecular complexity index is 1160. The Morgan fingerprint density at radius 2 is 1.14 bits per heavy atom.